The van der Waals surface area contributed by atoms with Crippen LogP contribution in [-0.2, 0) is 0 Å². The number of ether oxygens (including phenoxy) is 1. The van der Waals surface area contributed by atoms with E-state index >= 15 is 0 Å². The van der Waals surface area contributed by atoms with E-state index in [0.29, 0.717) is 21.6 Å². The average molecular weight is 384 g/mol. The Kier molecular flexibility index (Phi) is 3.69. The van der Waals surface area contributed by atoms with Crippen molar-refractivity contribution in [2.24, 2.45) is 0 Å². The summed E-state index contributed by atoms with van der Waals surface area (Å²) in [5.74, 6) is 0.556. The number of rotatable bonds is 1. The largest absolute Gasteiger partial charge is 0.491 e. The summed E-state index contributed by atoms with van der Waals surface area (Å²) < 4.78 is 20.1. The first kappa shape index (κ1) is 13.5. The lowest BCUT2D eigenvalue weighted by atomic mass is 10.2. The molecule has 0 radical (unpaired) electrons. The van der Waals surface area contributed by atoms with Gasteiger partial charge < -0.3 is 15.4 Å². The number of para-hydroxylation sites is 2. The van der Waals surface area contributed by atoms with Gasteiger partial charge in [0.15, 0.2) is 0 Å². The minimum Gasteiger partial charge on any atom is -0.491 e. The van der Waals surface area contributed by atoms with Gasteiger partial charge in [0.25, 0.3) is 0 Å². The lowest BCUT2D eigenvalue weighted by Crippen LogP contribution is -2.19. The maximum absolute atomic E-state index is 13.9. The predicted molar refractivity (Wildman–Crippen MR) is 87.1 cm³/mol. The Labute approximate surface area is 130 Å². The lowest BCUT2D eigenvalue weighted by molar-refractivity contribution is 0.322. The predicted octanol–water partition coefficient (Wildman–Crippen LogP) is 3.93. The Morgan fingerprint density at radius 2 is 2.00 bits per heavy atom. The van der Waals surface area contributed by atoms with Gasteiger partial charge in [-0.25, -0.2) is 4.39 Å². The average Bonchev–Trinajstić information content (AvgIpc) is 2.65. The van der Waals surface area contributed by atoms with Crippen LogP contribution in [0.3, 0.4) is 0 Å². The number of anilines is 3. The molecule has 3 rings (SSSR count). The minimum atomic E-state index is -0.252. The van der Waals surface area contributed by atoms with Gasteiger partial charge >= 0.3 is 0 Å². The third-order valence-electron chi connectivity index (χ3n) is 3.30. The van der Waals surface area contributed by atoms with Crippen molar-refractivity contribution in [2.45, 2.75) is 6.42 Å². The van der Waals surface area contributed by atoms with E-state index in [1.165, 1.54) is 6.07 Å². The number of fused-ring (bicyclic) bond motifs is 1. The third kappa shape index (κ3) is 2.42. The van der Waals surface area contributed by atoms with Crippen LogP contribution in [0, 0.1) is 9.39 Å². The van der Waals surface area contributed by atoms with Gasteiger partial charge in [0, 0.05) is 12.6 Å². The number of halogens is 2. The molecule has 104 valence electrons. The second-order valence-corrected chi connectivity index (χ2v) is 5.81. The Balaban J connectivity index is 2.12. The molecule has 5 heteroatoms. The van der Waals surface area contributed by atoms with E-state index < -0.39 is 0 Å². The first-order chi connectivity index (χ1) is 9.66. The van der Waals surface area contributed by atoms with E-state index in [1.54, 1.807) is 6.07 Å². The third-order valence-corrected chi connectivity index (χ3v) is 4.13. The Morgan fingerprint density at radius 1 is 1.20 bits per heavy atom. The van der Waals surface area contributed by atoms with Crippen LogP contribution in [0.15, 0.2) is 36.4 Å². The zero-order valence-corrected chi connectivity index (χ0v) is 12.9. The molecule has 1 aliphatic rings. The molecule has 0 amide bonds. The van der Waals surface area contributed by atoms with Crippen molar-refractivity contribution in [3.63, 3.8) is 0 Å². The van der Waals surface area contributed by atoms with Gasteiger partial charge in [-0.15, -0.1) is 0 Å². The molecule has 0 aliphatic carbocycles. The highest BCUT2D eigenvalue weighted by atomic mass is 127. The van der Waals surface area contributed by atoms with Gasteiger partial charge in [-0.05, 0) is 47.2 Å². The van der Waals surface area contributed by atoms with Gasteiger partial charge in [0.1, 0.15) is 11.6 Å². The summed E-state index contributed by atoms with van der Waals surface area (Å²) in [6.45, 7) is 1.40. The molecule has 0 saturated carbocycles. The standard InChI is InChI=1S/C15H14FIN2O/c16-10-8-14(12(18)9-11(10)17)19-6-3-7-20-15-5-2-1-4-13(15)19/h1-2,4-5,8-9H,3,6-7,18H2. The molecule has 1 heterocycles. The Hall–Kier alpha value is -1.50. The van der Waals surface area contributed by atoms with E-state index in [4.69, 9.17) is 10.5 Å². The van der Waals surface area contributed by atoms with Crippen LogP contribution in [0.5, 0.6) is 5.75 Å². The second-order valence-electron chi connectivity index (χ2n) is 4.65. The summed E-state index contributed by atoms with van der Waals surface area (Å²) >= 11 is 1.95. The maximum Gasteiger partial charge on any atom is 0.142 e. The van der Waals surface area contributed by atoms with Crippen LogP contribution in [-0.4, -0.2) is 13.2 Å². The molecule has 0 aromatic heterocycles. The van der Waals surface area contributed by atoms with Crippen LogP contribution >= 0.6 is 22.6 Å². The monoisotopic (exact) mass is 384 g/mol. The summed E-state index contributed by atoms with van der Waals surface area (Å²) in [7, 11) is 0. The van der Waals surface area contributed by atoms with Crippen molar-refractivity contribution < 1.29 is 9.13 Å². The summed E-state index contributed by atoms with van der Waals surface area (Å²) in [6.07, 6.45) is 0.863. The van der Waals surface area contributed by atoms with E-state index in [-0.39, 0.29) is 5.82 Å². The molecule has 0 fully saturated rings. The second kappa shape index (κ2) is 5.47. The fourth-order valence-corrected chi connectivity index (χ4v) is 2.85. The first-order valence-corrected chi connectivity index (χ1v) is 7.48. The lowest BCUT2D eigenvalue weighted by Gasteiger charge is -2.25. The number of benzene rings is 2. The van der Waals surface area contributed by atoms with Crippen molar-refractivity contribution in [2.75, 3.05) is 23.8 Å². The summed E-state index contributed by atoms with van der Waals surface area (Å²) in [4.78, 5) is 2.02. The van der Waals surface area contributed by atoms with E-state index in [0.717, 1.165) is 24.4 Å². The van der Waals surface area contributed by atoms with Crippen molar-refractivity contribution in [3.05, 3.63) is 45.8 Å². The summed E-state index contributed by atoms with van der Waals surface area (Å²) in [5, 5.41) is 0. The number of nitrogens with zero attached hydrogens (tertiary/aromatic N) is 1. The van der Waals surface area contributed by atoms with Gasteiger partial charge in [-0.3, -0.25) is 0 Å². The maximum atomic E-state index is 13.9. The molecule has 1 aliphatic heterocycles. The van der Waals surface area contributed by atoms with Crippen LogP contribution in [0.4, 0.5) is 21.5 Å². The molecule has 2 aromatic carbocycles. The fraction of sp³-hybridized carbons (Fsp3) is 0.200. The molecule has 0 saturated heterocycles. The van der Waals surface area contributed by atoms with E-state index in [9.17, 15) is 4.39 Å². The highest BCUT2D eigenvalue weighted by Gasteiger charge is 2.20. The van der Waals surface area contributed by atoms with Crippen LogP contribution in [0.25, 0.3) is 0 Å². The van der Waals surface area contributed by atoms with Crippen molar-refractivity contribution in [1.29, 1.82) is 0 Å². The molecule has 2 N–H and O–H groups in total. The quantitative estimate of drug-likeness (QED) is 0.598. The molecular formula is C15H14FIN2O. The van der Waals surface area contributed by atoms with Crippen LogP contribution in [0.2, 0.25) is 0 Å². The molecule has 0 atom stereocenters. The van der Waals surface area contributed by atoms with Crippen molar-refractivity contribution in [1.82, 2.24) is 0 Å². The Morgan fingerprint density at radius 3 is 2.85 bits per heavy atom. The summed E-state index contributed by atoms with van der Waals surface area (Å²) in [5.41, 5.74) is 8.28. The highest BCUT2D eigenvalue weighted by Crippen LogP contribution is 2.39. The number of hydrogen-bond donors (Lipinski definition) is 1. The highest BCUT2D eigenvalue weighted by molar-refractivity contribution is 14.1. The normalized spacial score (nSPS) is 14.4. The molecule has 3 nitrogen and oxygen atoms in total. The fourth-order valence-electron chi connectivity index (χ4n) is 2.36. The first-order valence-electron chi connectivity index (χ1n) is 6.40. The molecule has 20 heavy (non-hydrogen) atoms. The topological polar surface area (TPSA) is 38.5 Å². The van der Waals surface area contributed by atoms with E-state index in [2.05, 4.69) is 0 Å². The van der Waals surface area contributed by atoms with Gasteiger partial charge in [-0.1, -0.05) is 12.1 Å². The summed E-state index contributed by atoms with van der Waals surface area (Å²) in [6, 6.07) is 10.9. The Bertz CT molecular complexity index is 648. The molecule has 0 bridgehead atoms. The molecule has 0 unspecified atom stereocenters. The molecule has 2 aromatic rings. The van der Waals surface area contributed by atoms with Crippen molar-refractivity contribution in [3.8, 4) is 5.75 Å². The number of nitrogens with two attached hydrogens (primary N) is 1. The van der Waals surface area contributed by atoms with Crippen LogP contribution < -0.4 is 15.4 Å². The zero-order chi connectivity index (χ0) is 14.1. The zero-order valence-electron chi connectivity index (χ0n) is 10.8. The van der Waals surface area contributed by atoms with Crippen molar-refractivity contribution >= 4 is 39.7 Å². The van der Waals surface area contributed by atoms with Gasteiger partial charge in [0.2, 0.25) is 0 Å². The number of nitrogen functional groups attached to an aromatic ring is 1. The van der Waals surface area contributed by atoms with Gasteiger partial charge in [-0.2, -0.15) is 0 Å². The molecule has 0 spiro atoms. The van der Waals surface area contributed by atoms with E-state index in [1.807, 2.05) is 51.8 Å². The smallest absolute Gasteiger partial charge is 0.142 e. The minimum absolute atomic E-state index is 0.252. The number of hydrogen-bond acceptors (Lipinski definition) is 3. The molecular weight excluding hydrogens is 370 g/mol. The van der Waals surface area contributed by atoms with Crippen LogP contribution in [0.1, 0.15) is 6.42 Å². The van der Waals surface area contributed by atoms with Gasteiger partial charge in [0.05, 0.1) is 27.2 Å². The SMILES string of the molecule is Nc1cc(I)c(F)cc1N1CCCOc2ccccc21.